The van der Waals surface area contributed by atoms with Gasteiger partial charge in [-0.25, -0.2) is 9.29 Å². The number of nitrogens with zero attached hydrogens (tertiary/aromatic N) is 1. The molecule has 0 aromatic heterocycles. The highest BCUT2D eigenvalue weighted by Crippen LogP contribution is 2.36. The lowest BCUT2D eigenvalue weighted by Crippen LogP contribution is -2.45. The fraction of sp³-hybridized carbons (Fsp3) is 0.0476. The highest BCUT2D eigenvalue weighted by atomic mass is 19.1. The molecule has 2 amide bonds. The van der Waals surface area contributed by atoms with Crippen LogP contribution in [0.1, 0.15) is 27.4 Å². The average molecular weight is 331 g/mol. The summed E-state index contributed by atoms with van der Waals surface area (Å²) in [5.41, 5.74) is 2.37. The Morgan fingerprint density at radius 3 is 2.12 bits per heavy atom. The van der Waals surface area contributed by atoms with Crippen LogP contribution in [0.4, 0.5) is 10.1 Å². The Hall–Kier alpha value is -3.27. The van der Waals surface area contributed by atoms with E-state index in [1.807, 2.05) is 42.5 Å². The molecule has 1 unspecified atom stereocenters. The van der Waals surface area contributed by atoms with E-state index in [0.29, 0.717) is 16.8 Å². The van der Waals surface area contributed by atoms with Gasteiger partial charge >= 0.3 is 0 Å². The summed E-state index contributed by atoms with van der Waals surface area (Å²) >= 11 is 0. The molecule has 3 nitrogen and oxygen atoms in total. The summed E-state index contributed by atoms with van der Waals surface area (Å²) in [6.45, 7) is 0. The molecule has 0 N–H and O–H groups in total. The molecule has 1 heterocycles. The lowest BCUT2D eigenvalue weighted by atomic mass is 9.83. The normalized spacial score (nSPS) is 16.7. The topological polar surface area (TPSA) is 37.4 Å². The van der Waals surface area contributed by atoms with Gasteiger partial charge in [0.25, 0.3) is 5.91 Å². The number of carbonyl (C=O) groups excluding carboxylic acids is 2. The van der Waals surface area contributed by atoms with E-state index in [4.69, 9.17) is 0 Å². The number of hydrogen-bond donors (Lipinski definition) is 0. The van der Waals surface area contributed by atoms with Gasteiger partial charge in [0.1, 0.15) is 5.82 Å². The van der Waals surface area contributed by atoms with Crippen molar-refractivity contribution in [2.45, 2.75) is 5.92 Å². The summed E-state index contributed by atoms with van der Waals surface area (Å²) in [5, 5.41) is 0. The molecule has 3 aromatic rings. The van der Waals surface area contributed by atoms with Gasteiger partial charge in [-0.05, 0) is 41.5 Å². The number of imide groups is 1. The van der Waals surface area contributed by atoms with Gasteiger partial charge in [-0.15, -0.1) is 0 Å². The van der Waals surface area contributed by atoms with E-state index >= 15 is 0 Å². The van der Waals surface area contributed by atoms with Gasteiger partial charge in [0, 0.05) is 5.56 Å². The van der Waals surface area contributed by atoms with Gasteiger partial charge in [-0.2, -0.15) is 0 Å². The molecule has 1 atom stereocenters. The van der Waals surface area contributed by atoms with Gasteiger partial charge in [0.15, 0.2) is 0 Å². The van der Waals surface area contributed by atoms with Crippen LogP contribution < -0.4 is 4.90 Å². The summed E-state index contributed by atoms with van der Waals surface area (Å²) in [5.74, 6) is -1.71. The molecule has 25 heavy (non-hydrogen) atoms. The lowest BCUT2D eigenvalue weighted by Gasteiger charge is -2.32. The number of hydrogen-bond acceptors (Lipinski definition) is 2. The van der Waals surface area contributed by atoms with E-state index in [1.165, 1.54) is 24.3 Å². The number of fused-ring (bicyclic) bond motifs is 1. The third kappa shape index (κ3) is 2.52. The molecular formula is C21H14FNO2. The van der Waals surface area contributed by atoms with Gasteiger partial charge < -0.3 is 0 Å². The van der Waals surface area contributed by atoms with Gasteiger partial charge in [-0.3, -0.25) is 9.59 Å². The first-order valence-corrected chi connectivity index (χ1v) is 7.94. The smallest absolute Gasteiger partial charge is 0.265 e. The molecule has 4 heteroatoms. The zero-order valence-corrected chi connectivity index (χ0v) is 13.2. The standard InChI is InChI=1S/C21H14FNO2/c22-15-10-12-16(13-11-15)23-20(24)18-9-5-4-8-17(18)19(21(23)25)14-6-2-1-3-7-14/h1-13,19H. The zero-order valence-electron chi connectivity index (χ0n) is 13.2. The van der Waals surface area contributed by atoms with Crippen LogP contribution in [0.25, 0.3) is 0 Å². The maximum atomic E-state index is 13.2. The van der Waals surface area contributed by atoms with Crippen molar-refractivity contribution in [2.75, 3.05) is 4.90 Å². The van der Waals surface area contributed by atoms with Crippen LogP contribution >= 0.6 is 0 Å². The van der Waals surface area contributed by atoms with Crippen molar-refractivity contribution in [3.63, 3.8) is 0 Å². The Kier molecular flexibility index (Phi) is 3.65. The van der Waals surface area contributed by atoms with Crippen LogP contribution in [-0.2, 0) is 4.79 Å². The third-order valence-electron chi connectivity index (χ3n) is 4.39. The predicted octanol–water partition coefficient (Wildman–Crippen LogP) is 4.14. The number of amides is 2. The first kappa shape index (κ1) is 15.3. The molecule has 122 valence electrons. The number of halogens is 1. The summed E-state index contributed by atoms with van der Waals surface area (Å²) in [6.07, 6.45) is 0. The Morgan fingerprint density at radius 2 is 1.40 bits per heavy atom. The van der Waals surface area contributed by atoms with Crippen LogP contribution in [0.3, 0.4) is 0 Å². The summed E-state index contributed by atoms with van der Waals surface area (Å²) in [6, 6.07) is 21.9. The Morgan fingerprint density at radius 1 is 0.760 bits per heavy atom. The summed E-state index contributed by atoms with van der Waals surface area (Å²) in [4.78, 5) is 27.2. The highest BCUT2D eigenvalue weighted by Gasteiger charge is 2.40. The van der Waals surface area contributed by atoms with Crippen molar-refractivity contribution in [3.8, 4) is 0 Å². The second kappa shape index (κ2) is 5.98. The van der Waals surface area contributed by atoms with Crippen molar-refractivity contribution in [2.24, 2.45) is 0 Å². The third-order valence-corrected chi connectivity index (χ3v) is 4.39. The minimum absolute atomic E-state index is 0.332. The number of benzene rings is 3. The van der Waals surface area contributed by atoms with E-state index in [2.05, 4.69) is 0 Å². The van der Waals surface area contributed by atoms with Gasteiger partial charge in [0.05, 0.1) is 11.6 Å². The van der Waals surface area contributed by atoms with Crippen LogP contribution in [-0.4, -0.2) is 11.8 Å². The molecule has 1 aliphatic heterocycles. The quantitative estimate of drug-likeness (QED) is 0.662. The minimum Gasteiger partial charge on any atom is -0.273 e. The van der Waals surface area contributed by atoms with Crippen LogP contribution in [0.15, 0.2) is 78.9 Å². The number of rotatable bonds is 2. The first-order valence-electron chi connectivity index (χ1n) is 7.94. The van der Waals surface area contributed by atoms with Gasteiger partial charge in [0.2, 0.25) is 5.91 Å². The molecule has 1 aliphatic rings. The van der Waals surface area contributed by atoms with Crippen molar-refractivity contribution < 1.29 is 14.0 Å². The van der Waals surface area contributed by atoms with E-state index < -0.39 is 11.7 Å². The molecular weight excluding hydrogens is 317 g/mol. The molecule has 0 saturated heterocycles. The van der Waals surface area contributed by atoms with Crippen molar-refractivity contribution in [1.82, 2.24) is 0 Å². The lowest BCUT2D eigenvalue weighted by molar-refractivity contribution is -0.118. The largest absolute Gasteiger partial charge is 0.273 e. The second-order valence-corrected chi connectivity index (χ2v) is 5.89. The van der Waals surface area contributed by atoms with Gasteiger partial charge in [-0.1, -0.05) is 48.5 Å². The van der Waals surface area contributed by atoms with Crippen molar-refractivity contribution in [1.29, 1.82) is 0 Å². The highest BCUT2D eigenvalue weighted by molar-refractivity contribution is 6.26. The zero-order chi connectivity index (χ0) is 17.4. The van der Waals surface area contributed by atoms with Crippen LogP contribution in [0.2, 0.25) is 0 Å². The van der Waals surface area contributed by atoms with Crippen molar-refractivity contribution in [3.05, 3.63) is 101 Å². The monoisotopic (exact) mass is 331 g/mol. The molecule has 0 saturated carbocycles. The first-order chi connectivity index (χ1) is 12.2. The summed E-state index contributed by atoms with van der Waals surface area (Å²) < 4.78 is 13.2. The van der Waals surface area contributed by atoms with Crippen LogP contribution in [0, 0.1) is 5.82 Å². The fourth-order valence-corrected chi connectivity index (χ4v) is 3.23. The molecule has 0 fully saturated rings. The average Bonchev–Trinajstić information content (AvgIpc) is 2.64. The van der Waals surface area contributed by atoms with E-state index in [1.54, 1.807) is 12.1 Å². The second-order valence-electron chi connectivity index (χ2n) is 5.89. The SMILES string of the molecule is O=C1c2ccccc2C(c2ccccc2)C(=O)N1c1ccc(F)cc1. The molecule has 0 radical (unpaired) electrons. The summed E-state index contributed by atoms with van der Waals surface area (Å²) in [7, 11) is 0. The van der Waals surface area contributed by atoms with E-state index in [-0.39, 0.29) is 11.8 Å². The molecule has 3 aromatic carbocycles. The Balaban J connectivity index is 1.90. The molecule has 0 bridgehead atoms. The predicted molar refractivity (Wildman–Crippen MR) is 92.9 cm³/mol. The fourth-order valence-electron chi connectivity index (χ4n) is 3.23. The maximum Gasteiger partial charge on any atom is 0.265 e. The molecule has 0 aliphatic carbocycles. The van der Waals surface area contributed by atoms with E-state index in [9.17, 15) is 14.0 Å². The number of carbonyl (C=O) groups is 2. The molecule has 0 spiro atoms. The van der Waals surface area contributed by atoms with E-state index in [0.717, 1.165) is 10.5 Å². The number of anilines is 1. The Labute approximate surface area is 144 Å². The minimum atomic E-state index is -0.569. The Bertz CT molecular complexity index is 951. The maximum absolute atomic E-state index is 13.2. The van der Waals surface area contributed by atoms with Crippen LogP contribution in [0.5, 0.6) is 0 Å². The van der Waals surface area contributed by atoms with Crippen molar-refractivity contribution >= 4 is 17.5 Å². The molecule has 4 rings (SSSR count).